The summed E-state index contributed by atoms with van der Waals surface area (Å²) in [5.74, 6) is -1.83. The fraction of sp³-hybridized carbons (Fsp3) is 0.136. The Morgan fingerprint density at radius 2 is 1.08 bits per heavy atom. The molecule has 4 aromatic carbocycles. The van der Waals surface area contributed by atoms with Gasteiger partial charge in [0, 0.05) is 95.0 Å². The van der Waals surface area contributed by atoms with Crippen molar-refractivity contribution in [1.29, 1.82) is 0 Å². The summed E-state index contributed by atoms with van der Waals surface area (Å²) in [5, 5.41) is 27.4. The number of H-pyrrole nitrogens is 1. The molecule has 0 atom stereocenters. The van der Waals surface area contributed by atoms with Gasteiger partial charge in [-0.15, -0.1) is 0 Å². The summed E-state index contributed by atoms with van der Waals surface area (Å²) in [7, 11) is -6.53. The van der Waals surface area contributed by atoms with E-state index in [2.05, 4.69) is 15.2 Å². The molecular weight excluding hydrogens is 855 g/mol. The first-order chi connectivity index (χ1) is 29.0. The summed E-state index contributed by atoms with van der Waals surface area (Å²) >= 11 is 2.98. The van der Waals surface area contributed by atoms with Gasteiger partial charge in [0.25, 0.3) is 0 Å². The molecule has 312 valence electrons. The number of rotatable bonds is 12. The Morgan fingerprint density at radius 1 is 0.623 bits per heavy atom. The van der Waals surface area contributed by atoms with Crippen molar-refractivity contribution in [2.45, 2.75) is 56.3 Å². The molecule has 8 aromatic rings. The molecule has 17 heteroatoms. The smallest absolute Gasteiger partial charge is 0.323 e. The summed E-state index contributed by atoms with van der Waals surface area (Å²) in [5.41, 5.74) is 7.22. The summed E-state index contributed by atoms with van der Waals surface area (Å²) in [4.78, 5) is 31.2. The lowest BCUT2D eigenvalue weighted by Gasteiger charge is -2.06. The first-order valence-corrected chi connectivity index (χ1v) is 23.9. The van der Waals surface area contributed by atoms with Crippen molar-refractivity contribution in [3.05, 3.63) is 133 Å². The summed E-state index contributed by atoms with van der Waals surface area (Å²) in [6.45, 7) is 3.52. The monoisotopic (exact) mass is 893 g/mol. The Bertz CT molecular complexity index is 3150. The molecule has 8 rings (SSSR count). The molecule has 13 nitrogen and oxygen atoms in total. The van der Waals surface area contributed by atoms with Crippen molar-refractivity contribution < 1.29 is 36.6 Å². The quantitative estimate of drug-likeness (QED) is 0.106. The Kier molecular flexibility index (Phi) is 12.3. The summed E-state index contributed by atoms with van der Waals surface area (Å²) in [6.07, 6.45) is 9.41. The molecular formula is C44H39N5O8S4. The molecule has 0 aliphatic heterocycles. The number of hydrogen-bond acceptors (Lipinski definition) is 10. The molecule has 0 amide bonds. The van der Waals surface area contributed by atoms with E-state index in [0.717, 1.165) is 75.0 Å². The van der Waals surface area contributed by atoms with Crippen LogP contribution in [0.4, 0.5) is 0 Å². The molecule has 4 heterocycles. The van der Waals surface area contributed by atoms with Crippen LogP contribution in [0.2, 0.25) is 0 Å². The van der Waals surface area contributed by atoms with Gasteiger partial charge < -0.3 is 19.3 Å². The van der Waals surface area contributed by atoms with Gasteiger partial charge in [-0.1, -0.05) is 41.7 Å². The van der Waals surface area contributed by atoms with Crippen LogP contribution in [0, 0.1) is 13.8 Å². The number of carbonyl (C=O) groups is 2. The second kappa shape index (κ2) is 17.5. The van der Waals surface area contributed by atoms with E-state index in [1.165, 1.54) is 36.0 Å². The third-order valence-corrected chi connectivity index (χ3v) is 14.6. The number of nitrogens with one attached hydrogen (secondary N) is 1. The van der Waals surface area contributed by atoms with Gasteiger partial charge in [-0.3, -0.25) is 19.7 Å². The Labute approximate surface area is 360 Å². The first-order valence-electron chi connectivity index (χ1n) is 18.5. The van der Waals surface area contributed by atoms with Crippen LogP contribution >= 0.6 is 23.5 Å². The molecule has 0 saturated carbocycles. The zero-order chi connectivity index (χ0) is 43.6. The maximum atomic E-state index is 11.7. The van der Waals surface area contributed by atoms with E-state index in [1.54, 1.807) is 82.5 Å². The summed E-state index contributed by atoms with van der Waals surface area (Å²) < 4.78 is 50.5. The minimum atomic E-state index is -3.27. The number of hydrogen-bond donors (Lipinski definition) is 3. The third kappa shape index (κ3) is 9.60. The largest absolute Gasteiger partial charge is 0.480 e. The number of aromatic amines is 1. The van der Waals surface area contributed by atoms with E-state index in [-0.39, 0.29) is 22.9 Å². The Hall–Kier alpha value is -6.14. The minimum Gasteiger partial charge on any atom is -0.480 e. The number of benzene rings is 4. The van der Waals surface area contributed by atoms with E-state index in [9.17, 15) is 36.6 Å². The lowest BCUT2D eigenvalue weighted by molar-refractivity contribution is -0.138. The highest BCUT2D eigenvalue weighted by atomic mass is 32.2. The second-order valence-electron chi connectivity index (χ2n) is 14.2. The number of aliphatic carboxylic acids is 2. The van der Waals surface area contributed by atoms with E-state index < -0.39 is 31.6 Å². The van der Waals surface area contributed by atoms with Crippen LogP contribution < -0.4 is 0 Å². The third-order valence-electron chi connectivity index (χ3n) is 9.89. The fourth-order valence-corrected chi connectivity index (χ4v) is 10.2. The van der Waals surface area contributed by atoms with E-state index >= 15 is 0 Å². The lowest BCUT2D eigenvalue weighted by Crippen LogP contribution is -2.09. The maximum Gasteiger partial charge on any atom is 0.323 e. The zero-order valence-corrected chi connectivity index (χ0v) is 36.5. The van der Waals surface area contributed by atoms with Gasteiger partial charge in [0.15, 0.2) is 19.7 Å². The number of pyridine rings is 1. The SMILES string of the molecule is Cc1c(Sc2ccc(S(C)(=O)=O)cc2)c2cc(-c3cccnc3)ccc2n1CC(=O)O.Cc1c(Sc2ccc(S(C)(=O)=O)cc2)c2cc(-c3cn[nH]c3)ccc2n1CC(=O)O. The molecule has 0 unspecified atom stereocenters. The van der Waals surface area contributed by atoms with Crippen LogP contribution in [-0.4, -0.2) is 75.8 Å². The van der Waals surface area contributed by atoms with Crippen LogP contribution in [0.15, 0.2) is 151 Å². The van der Waals surface area contributed by atoms with Gasteiger partial charge in [-0.2, -0.15) is 5.10 Å². The van der Waals surface area contributed by atoms with Crippen molar-refractivity contribution in [2.75, 3.05) is 12.5 Å². The first kappa shape index (κ1) is 43.0. The Morgan fingerprint density at radius 3 is 1.46 bits per heavy atom. The van der Waals surface area contributed by atoms with Gasteiger partial charge in [0.2, 0.25) is 0 Å². The van der Waals surface area contributed by atoms with Crippen LogP contribution in [0.5, 0.6) is 0 Å². The van der Waals surface area contributed by atoms with Crippen LogP contribution in [0.1, 0.15) is 11.4 Å². The maximum absolute atomic E-state index is 11.7. The van der Waals surface area contributed by atoms with Gasteiger partial charge >= 0.3 is 11.9 Å². The highest BCUT2D eigenvalue weighted by molar-refractivity contribution is 8.00. The van der Waals surface area contributed by atoms with Crippen molar-refractivity contribution >= 4 is 76.9 Å². The standard InChI is InChI=1S/C23H20N2O4S2.C21H19N3O4S2/c1-15-23(30-18-6-8-19(9-7-18)31(2,28)29)20-12-16(17-4-3-11-24-13-17)5-10-21(20)25(15)14-22(26)27;1-13-21(29-16-4-6-17(7-5-16)30(2,27)28)18-9-14(15-10-22-23-11-15)3-8-19(18)24(13)12-20(25)26/h3-13H,14H2,1-2H3,(H,26,27);3-11H,12H2,1-2H3,(H,22,23)(H,25,26). The molecule has 0 spiro atoms. The van der Waals surface area contributed by atoms with Crippen LogP contribution in [0.25, 0.3) is 44.1 Å². The van der Waals surface area contributed by atoms with Gasteiger partial charge in [-0.25, -0.2) is 16.8 Å². The minimum absolute atomic E-state index is 0.137. The second-order valence-corrected chi connectivity index (χ2v) is 20.4. The number of sulfone groups is 2. The Balaban J connectivity index is 0.000000184. The van der Waals surface area contributed by atoms with Crippen molar-refractivity contribution in [3.63, 3.8) is 0 Å². The van der Waals surface area contributed by atoms with Crippen molar-refractivity contribution in [1.82, 2.24) is 24.3 Å². The number of carboxylic acid groups (broad SMARTS) is 2. The van der Waals surface area contributed by atoms with Crippen molar-refractivity contribution in [2.24, 2.45) is 0 Å². The van der Waals surface area contributed by atoms with Gasteiger partial charge in [0.1, 0.15) is 13.1 Å². The number of nitrogens with zero attached hydrogens (tertiary/aromatic N) is 4. The normalized spacial score (nSPS) is 11.7. The average Bonchev–Trinajstić information content (AvgIpc) is 3.92. The molecule has 0 aliphatic carbocycles. The molecule has 0 aliphatic rings. The molecule has 0 bridgehead atoms. The number of aromatic nitrogens is 5. The highest BCUT2D eigenvalue weighted by Gasteiger charge is 2.20. The molecule has 0 fully saturated rings. The van der Waals surface area contributed by atoms with Crippen LogP contribution in [0.3, 0.4) is 0 Å². The number of carboxylic acids is 2. The van der Waals surface area contributed by atoms with Crippen molar-refractivity contribution in [3.8, 4) is 22.3 Å². The molecule has 0 saturated heterocycles. The van der Waals surface area contributed by atoms with Gasteiger partial charge in [-0.05, 0) is 104 Å². The fourth-order valence-electron chi connectivity index (χ4n) is 6.89. The predicted molar refractivity (Wildman–Crippen MR) is 237 cm³/mol. The zero-order valence-electron chi connectivity index (χ0n) is 33.2. The molecule has 4 aromatic heterocycles. The molecule has 3 N–H and O–H groups in total. The molecule has 0 radical (unpaired) electrons. The average molecular weight is 894 g/mol. The molecule has 61 heavy (non-hydrogen) atoms. The summed E-state index contributed by atoms with van der Waals surface area (Å²) in [6, 6.07) is 29.1. The highest BCUT2D eigenvalue weighted by Crippen LogP contribution is 2.42. The van der Waals surface area contributed by atoms with Gasteiger partial charge in [0.05, 0.1) is 16.0 Å². The topological polar surface area (TPSA) is 194 Å². The van der Waals surface area contributed by atoms with E-state index in [1.807, 2.05) is 62.4 Å². The van der Waals surface area contributed by atoms with E-state index in [0.29, 0.717) is 0 Å². The lowest BCUT2D eigenvalue weighted by atomic mass is 10.1. The predicted octanol–water partition coefficient (Wildman–Crippen LogP) is 8.63. The van der Waals surface area contributed by atoms with Crippen LogP contribution in [-0.2, 0) is 42.4 Å². The number of fused-ring (bicyclic) bond motifs is 2. The van der Waals surface area contributed by atoms with E-state index in [4.69, 9.17) is 0 Å².